The first kappa shape index (κ1) is 12.7. The number of aromatic nitrogens is 2. The molecule has 0 bridgehead atoms. The molecule has 1 aromatic heterocycles. The molecule has 6 heteroatoms. The minimum absolute atomic E-state index is 0.244. The summed E-state index contributed by atoms with van der Waals surface area (Å²) in [5.74, 6) is 2.01. The van der Waals surface area contributed by atoms with Crippen LogP contribution in [0.25, 0.3) is 0 Å². The van der Waals surface area contributed by atoms with Crippen molar-refractivity contribution in [3.63, 3.8) is 0 Å². The molecule has 0 saturated carbocycles. The first-order valence-corrected chi connectivity index (χ1v) is 6.44. The van der Waals surface area contributed by atoms with E-state index in [2.05, 4.69) is 22.2 Å². The van der Waals surface area contributed by atoms with Crippen LogP contribution in [-0.4, -0.2) is 23.3 Å². The highest BCUT2D eigenvalue weighted by atomic mass is 16.7. The van der Waals surface area contributed by atoms with Gasteiger partial charge in [0, 0.05) is 30.6 Å². The molecule has 1 aliphatic heterocycles. The maximum absolute atomic E-state index is 5.58. The van der Waals surface area contributed by atoms with Gasteiger partial charge in [0.15, 0.2) is 11.5 Å². The van der Waals surface area contributed by atoms with Crippen molar-refractivity contribution in [2.45, 2.75) is 13.5 Å². The molecular weight excluding hydrogens is 258 g/mol. The second kappa shape index (κ2) is 5.75. The van der Waals surface area contributed by atoms with Crippen LogP contribution in [0.4, 0.5) is 0 Å². The van der Waals surface area contributed by atoms with Crippen LogP contribution in [0.15, 0.2) is 30.6 Å². The van der Waals surface area contributed by atoms with Gasteiger partial charge in [-0.05, 0) is 18.7 Å². The molecule has 6 nitrogen and oxygen atoms in total. The number of nitrogens with one attached hydrogen (secondary N) is 1. The summed E-state index contributed by atoms with van der Waals surface area (Å²) in [5, 5.41) is 3.21. The lowest BCUT2D eigenvalue weighted by molar-refractivity contribution is 0.174. The van der Waals surface area contributed by atoms with Crippen LogP contribution in [0.1, 0.15) is 12.5 Å². The van der Waals surface area contributed by atoms with Gasteiger partial charge in [0.25, 0.3) is 0 Å². The highest BCUT2D eigenvalue weighted by Gasteiger charge is 2.14. The van der Waals surface area contributed by atoms with Crippen LogP contribution in [0.3, 0.4) is 0 Å². The average molecular weight is 273 g/mol. The van der Waals surface area contributed by atoms with Gasteiger partial charge in [-0.3, -0.25) is 0 Å². The van der Waals surface area contributed by atoms with Crippen molar-refractivity contribution in [2.24, 2.45) is 0 Å². The molecule has 2 heterocycles. The van der Waals surface area contributed by atoms with Crippen molar-refractivity contribution in [3.05, 3.63) is 36.2 Å². The van der Waals surface area contributed by atoms with E-state index in [1.54, 1.807) is 30.6 Å². The SMILES string of the molecule is CCNCc1cnc(Oc2ccc3c(c2)OCO3)nc1. The summed E-state index contributed by atoms with van der Waals surface area (Å²) < 4.78 is 16.1. The van der Waals surface area contributed by atoms with Crippen LogP contribution in [-0.2, 0) is 6.54 Å². The fraction of sp³-hybridized carbons (Fsp3) is 0.286. The Balaban J connectivity index is 1.68. The standard InChI is InChI=1S/C14H15N3O3/c1-2-15-6-10-7-16-14(17-8-10)20-11-3-4-12-13(5-11)19-9-18-12/h3-5,7-8,15H,2,6,9H2,1H3. The monoisotopic (exact) mass is 273 g/mol. The minimum atomic E-state index is 0.244. The van der Waals surface area contributed by atoms with E-state index < -0.39 is 0 Å². The Hall–Kier alpha value is -2.34. The molecule has 0 spiro atoms. The fourth-order valence-corrected chi connectivity index (χ4v) is 1.80. The molecule has 1 aliphatic rings. The van der Waals surface area contributed by atoms with Gasteiger partial charge in [-0.2, -0.15) is 0 Å². The van der Waals surface area contributed by atoms with E-state index in [9.17, 15) is 0 Å². The Kier molecular flexibility index (Phi) is 3.64. The topological polar surface area (TPSA) is 65.5 Å². The van der Waals surface area contributed by atoms with Gasteiger partial charge in [-0.25, -0.2) is 9.97 Å². The molecule has 1 N–H and O–H groups in total. The van der Waals surface area contributed by atoms with E-state index in [1.165, 1.54) is 0 Å². The smallest absolute Gasteiger partial charge is 0.321 e. The van der Waals surface area contributed by atoms with Gasteiger partial charge < -0.3 is 19.5 Å². The normalized spacial score (nSPS) is 12.4. The summed E-state index contributed by atoms with van der Waals surface area (Å²) in [4.78, 5) is 8.35. The molecular formula is C14H15N3O3. The first-order chi connectivity index (χ1) is 9.85. The predicted molar refractivity (Wildman–Crippen MR) is 72.1 cm³/mol. The van der Waals surface area contributed by atoms with Crippen molar-refractivity contribution >= 4 is 0 Å². The molecule has 2 aromatic rings. The zero-order valence-corrected chi connectivity index (χ0v) is 11.1. The van der Waals surface area contributed by atoms with Crippen molar-refractivity contribution < 1.29 is 14.2 Å². The van der Waals surface area contributed by atoms with Gasteiger partial charge >= 0.3 is 6.01 Å². The van der Waals surface area contributed by atoms with Crippen LogP contribution in [0, 0.1) is 0 Å². The van der Waals surface area contributed by atoms with Gasteiger partial charge in [0.1, 0.15) is 5.75 Å². The Morgan fingerprint density at radius 3 is 2.80 bits per heavy atom. The number of nitrogens with zero attached hydrogens (tertiary/aromatic N) is 2. The van der Waals surface area contributed by atoms with Crippen molar-refractivity contribution in [1.82, 2.24) is 15.3 Å². The second-order valence-corrected chi connectivity index (χ2v) is 4.27. The number of rotatable bonds is 5. The third kappa shape index (κ3) is 2.80. The van der Waals surface area contributed by atoms with Gasteiger partial charge in [-0.15, -0.1) is 0 Å². The molecule has 1 aromatic carbocycles. The lowest BCUT2D eigenvalue weighted by Crippen LogP contribution is -2.12. The lowest BCUT2D eigenvalue weighted by atomic mass is 10.3. The third-order valence-electron chi connectivity index (χ3n) is 2.81. The largest absolute Gasteiger partial charge is 0.454 e. The van der Waals surface area contributed by atoms with Crippen LogP contribution >= 0.6 is 0 Å². The Morgan fingerprint density at radius 2 is 2.00 bits per heavy atom. The van der Waals surface area contributed by atoms with E-state index in [-0.39, 0.29) is 6.79 Å². The molecule has 0 saturated heterocycles. The van der Waals surface area contributed by atoms with E-state index in [0.29, 0.717) is 17.5 Å². The van der Waals surface area contributed by atoms with Crippen molar-refractivity contribution in [3.8, 4) is 23.3 Å². The number of ether oxygens (including phenoxy) is 3. The summed E-state index contributed by atoms with van der Waals surface area (Å²) in [7, 11) is 0. The predicted octanol–water partition coefficient (Wildman–Crippen LogP) is 2.11. The number of hydrogen-bond donors (Lipinski definition) is 1. The Bertz CT molecular complexity index is 587. The molecule has 0 aliphatic carbocycles. The van der Waals surface area contributed by atoms with Crippen molar-refractivity contribution in [2.75, 3.05) is 13.3 Å². The average Bonchev–Trinajstić information content (AvgIpc) is 2.94. The zero-order valence-electron chi connectivity index (χ0n) is 11.1. The second-order valence-electron chi connectivity index (χ2n) is 4.27. The molecule has 0 fully saturated rings. The molecule has 0 radical (unpaired) electrons. The molecule has 0 amide bonds. The number of hydrogen-bond acceptors (Lipinski definition) is 6. The highest BCUT2D eigenvalue weighted by Crippen LogP contribution is 2.35. The number of fused-ring (bicyclic) bond motifs is 1. The zero-order chi connectivity index (χ0) is 13.8. The number of benzene rings is 1. The summed E-state index contributed by atoms with van der Waals surface area (Å²) >= 11 is 0. The third-order valence-corrected chi connectivity index (χ3v) is 2.81. The Labute approximate surface area is 116 Å². The molecule has 0 atom stereocenters. The van der Waals surface area contributed by atoms with E-state index in [4.69, 9.17) is 14.2 Å². The molecule has 0 unspecified atom stereocenters. The van der Waals surface area contributed by atoms with Crippen LogP contribution in [0.5, 0.6) is 23.3 Å². The summed E-state index contributed by atoms with van der Waals surface area (Å²) in [6.07, 6.45) is 3.50. The summed E-state index contributed by atoms with van der Waals surface area (Å²) in [5.41, 5.74) is 1.02. The molecule has 20 heavy (non-hydrogen) atoms. The maximum Gasteiger partial charge on any atom is 0.321 e. The van der Waals surface area contributed by atoms with Gasteiger partial charge in [0.05, 0.1) is 0 Å². The van der Waals surface area contributed by atoms with Crippen molar-refractivity contribution in [1.29, 1.82) is 0 Å². The van der Waals surface area contributed by atoms with Crippen LogP contribution in [0.2, 0.25) is 0 Å². The quantitative estimate of drug-likeness (QED) is 0.900. The molecule has 3 rings (SSSR count). The van der Waals surface area contributed by atoms with E-state index in [1.807, 2.05) is 0 Å². The fourth-order valence-electron chi connectivity index (χ4n) is 1.80. The maximum atomic E-state index is 5.58. The lowest BCUT2D eigenvalue weighted by Gasteiger charge is -2.05. The first-order valence-electron chi connectivity index (χ1n) is 6.44. The van der Waals surface area contributed by atoms with Crippen LogP contribution < -0.4 is 19.5 Å². The van der Waals surface area contributed by atoms with Gasteiger partial charge in [0.2, 0.25) is 6.79 Å². The van der Waals surface area contributed by atoms with E-state index >= 15 is 0 Å². The Morgan fingerprint density at radius 1 is 1.20 bits per heavy atom. The molecule has 104 valence electrons. The highest BCUT2D eigenvalue weighted by molar-refractivity contribution is 5.47. The van der Waals surface area contributed by atoms with E-state index in [0.717, 1.165) is 24.4 Å². The summed E-state index contributed by atoms with van der Waals surface area (Å²) in [6, 6.07) is 5.67. The summed E-state index contributed by atoms with van der Waals surface area (Å²) in [6.45, 7) is 3.96. The van der Waals surface area contributed by atoms with Gasteiger partial charge in [-0.1, -0.05) is 6.92 Å². The minimum Gasteiger partial charge on any atom is -0.454 e.